The van der Waals surface area contributed by atoms with Crippen molar-refractivity contribution >= 4 is 17.5 Å². The molecular formula is C11H18OS. The Kier molecular flexibility index (Phi) is 3.23. The number of hydrogen-bond acceptors (Lipinski definition) is 2. The van der Waals surface area contributed by atoms with Crippen LogP contribution in [0.15, 0.2) is 11.0 Å². The highest BCUT2D eigenvalue weighted by Crippen LogP contribution is 2.37. The average molecular weight is 198 g/mol. The molecule has 1 aliphatic carbocycles. The highest BCUT2D eigenvalue weighted by atomic mass is 32.2. The maximum Gasteiger partial charge on any atom is 0.168 e. The van der Waals surface area contributed by atoms with E-state index >= 15 is 0 Å². The minimum absolute atomic E-state index is 0.293. The Morgan fingerprint density at radius 3 is 2.54 bits per heavy atom. The van der Waals surface area contributed by atoms with Gasteiger partial charge in [0.05, 0.1) is 0 Å². The summed E-state index contributed by atoms with van der Waals surface area (Å²) in [4.78, 5) is 12.4. The van der Waals surface area contributed by atoms with Crippen molar-refractivity contribution in [2.45, 2.75) is 33.6 Å². The van der Waals surface area contributed by atoms with E-state index in [-0.39, 0.29) is 0 Å². The molecule has 0 aromatic heterocycles. The van der Waals surface area contributed by atoms with Gasteiger partial charge in [-0.2, -0.15) is 0 Å². The zero-order chi connectivity index (χ0) is 10.1. The van der Waals surface area contributed by atoms with Crippen LogP contribution >= 0.6 is 11.8 Å². The maximum atomic E-state index is 11.4. The summed E-state index contributed by atoms with van der Waals surface area (Å²) in [6.07, 6.45) is 5.90. The summed E-state index contributed by atoms with van der Waals surface area (Å²) < 4.78 is 0. The maximum absolute atomic E-state index is 11.4. The second-order valence-corrected chi connectivity index (χ2v) is 5.52. The fourth-order valence-electron chi connectivity index (χ4n) is 1.63. The first-order valence-electron chi connectivity index (χ1n) is 4.74. The lowest BCUT2D eigenvalue weighted by atomic mass is 9.75. The van der Waals surface area contributed by atoms with Crippen LogP contribution in [0.2, 0.25) is 0 Å². The van der Waals surface area contributed by atoms with Gasteiger partial charge in [-0.1, -0.05) is 26.8 Å². The van der Waals surface area contributed by atoms with Crippen molar-refractivity contribution in [1.82, 2.24) is 0 Å². The van der Waals surface area contributed by atoms with Crippen molar-refractivity contribution < 1.29 is 4.79 Å². The normalized spacial score (nSPS) is 24.5. The lowest BCUT2D eigenvalue weighted by molar-refractivity contribution is -0.115. The van der Waals surface area contributed by atoms with E-state index in [4.69, 9.17) is 0 Å². The molecule has 0 heterocycles. The number of hydrogen-bond donors (Lipinski definition) is 0. The van der Waals surface area contributed by atoms with Gasteiger partial charge in [0, 0.05) is 11.3 Å². The molecule has 0 radical (unpaired) electrons. The lowest BCUT2D eigenvalue weighted by Crippen LogP contribution is -2.23. The van der Waals surface area contributed by atoms with E-state index in [0.717, 1.165) is 17.7 Å². The summed E-state index contributed by atoms with van der Waals surface area (Å²) in [7, 11) is 0. The summed E-state index contributed by atoms with van der Waals surface area (Å²) in [5.41, 5.74) is 0.293. The largest absolute Gasteiger partial charge is 0.294 e. The molecule has 1 nitrogen and oxygen atoms in total. The van der Waals surface area contributed by atoms with E-state index in [1.165, 1.54) is 0 Å². The van der Waals surface area contributed by atoms with Crippen LogP contribution in [0.5, 0.6) is 0 Å². The van der Waals surface area contributed by atoms with Gasteiger partial charge >= 0.3 is 0 Å². The topological polar surface area (TPSA) is 17.1 Å². The first-order chi connectivity index (χ1) is 5.95. The standard InChI is InChI=1S/C11H18OS/c1-11(2,3)8-5-6-9(12)10(7-8)13-4/h7-8H,5-6H2,1-4H3. The Morgan fingerprint density at radius 2 is 2.08 bits per heavy atom. The number of Topliss-reactive ketones (excluding diaryl/α,β-unsaturated/α-hetero) is 1. The Labute approximate surface area is 85.0 Å². The van der Waals surface area contributed by atoms with E-state index in [0.29, 0.717) is 17.1 Å². The highest BCUT2D eigenvalue weighted by molar-refractivity contribution is 8.03. The van der Waals surface area contributed by atoms with E-state index in [1.807, 2.05) is 6.26 Å². The summed E-state index contributed by atoms with van der Waals surface area (Å²) in [6, 6.07) is 0. The number of carbonyl (C=O) groups is 1. The molecule has 0 saturated heterocycles. The van der Waals surface area contributed by atoms with Crippen molar-refractivity contribution in [3.63, 3.8) is 0 Å². The van der Waals surface area contributed by atoms with Gasteiger partial charge in [0.1, 0.15) is 0 Å². The van der Waals surface area contributed by atoms with Crippen molar-refractivity contribution in [3.8, 4) is 0 Å². The van der Waals surface area contributed by atoms with Gasteiger partial charge in [-0.05, 0) is 24.0 Å². The fourth-order valence-corrected chi connectivity index (χ4v) is 2.26. The molecule has 0 aromatic carbocycles. The zero-order valence-corrected chi connectivity index (χ0v) is 9.70. The average Bonchev–Trinajstić information content (AvgIpc) is 2.03. The second kappa shape index (κ2) is 3.87. The molecule has 0 bridgehead atoms. The predicted octanol–water partition coefficient (Wildman–Crippen LogP) is 3.26. The van der Waals surface area contributed by atoms with Crippen LogP contribution in [-0.4, -0.2) is 12.0 Å². The van der Waals surface area contributed by atoms with Gasteiger partial charge in [0.15, 0.2) is 5.78 Å². The summed E-state index contributed by atoms with van der Waals surface area (Å²) in [5, 5.41) is 0. The summed E-state index contributed by atoms with van der Waals surface area (Å²) in [5.74, 6) is 0.889. The van der Waals surface area contributed by atoms with Crippen LogP contribution < -0.4 is 0 Å². The Morgan fingerprint density at radius 1 is 1.46 bits per heavy atom. The van der Waals surface area contributed by atoms with Gasteiger partial charge in [0.25, 0.3) is 0 Å². The number of rotatable bonds is 1. The van der Waals surface area contributed by atoms with Crippen LogP contribution in [0.4, 0.5) is 0 Å². The Bertz CT molecular complexity index is 235. The summed E-state index contributed by atoms with van der Waals surface area (Å²) >= 11 is 1.59. The molecule has 0 fully saturated rings. The van der Waals surface area contributed by atoms with Gasteiger partial charge in [0.2, 0.25) is 0 Å². The third-order valence-corrected chi connectivity index (χ3v) is 3.45. The second-order valence-electron chi connectivity index (χ2n) is 4.67. The molecular weight excluding hydrogens is 180 g/mol. The predicted molar refractivity (Wildman–Crippen MR) is 58.8 cm³/mol. The SMILES string of the molecule is CSC1=CC(C(C)(C)C)CCC1=O. The first kappa shape index (κ1) is 10.8. The molecule has 0 aromatic rings. The minimum Gasteiger partial charge on any atom is -0.294 e. The van der Waals surface area contributed by atoms with E-state index in [9.17, 15) is 4.79 Å². The molecule has 1 atom stereocenters. The molecule has 1 aliphatic rings. The lowest BCUT2D eigenvalue weighted by Gasteiger charge is -2.31. The molecule has 1 rings (SSSR count). The van der Waals surface area contributed by atoms with Gasteiger partial charge < -0.3 is 0 Å². The smallest absolute Gasteiger partial charge is 0.168 e. The van der Waals surface area contributed by atoms with Crippen LogP contribution in [0, 0.1) is 11.3 Å². The van der Waals surface area contributed by atoms with Crippen LogP contribution in [0.3, 0.4) is 0 Å². The molecule has 74 valence electrons. The Hall–Kier alpha value is -0.240. The number of thioether (sulfide) groups is 1. The molecule has 2 heteroatoms. The Balaban J connectivity index is 2.83. The van der Waals surface area contributed by atoms with E-state index in [2.05, 4.69) is 26.8 Å². The number of allylic oxidation sites excluding steroid dienone is 2. The molecule has 0 amide bonds. The number of ketones is 1. The molecule has 13 heavy (non-hydrogen) atoms. The van der Waals surface area contributed by atoms with Crippen molar-refractivity contribution in [3.05, 3.63) is 11.0 Å². The molecule has 0 N–H and O–H groups in total. The van der Waals surface area contributed by atoms with E-state index in [1.54, 1.807) is 11.8 Å². The summed E-state index contributed by atoms with van der Waals surface area (Å²) in [6.45, 7) is 6.71. The van der Waals surface area contributed by atoms with E-state index < -0.39 is 0 Å². The van der Waals surface area contributed by atoms with Crippen LogP contribution in [0.25, 0.3) is 0 Å². The fraction of sp³-hybridized carbons (Fsp3) is 0.727. The number of carbonyl (C=O) groups excluding carboxylic acids is 1. The van der Waals surface area contributed by atoms with Gasteiger partial charge in [-0.25, -0.2) is 0 Å². The molecule has 0 spiro atoms. The van der Waals surface area contributed by atoms with Crippen LogP contribution in [0.1, 0.15) is 33.6 Å². The molecule has 1 unspecified atom stereocenters. The molecule has 0 saturated carbocycles. The van der Waals surface area contributed by atoms with Crippen LogP contribution in [-0.2, 0) is 4.79 Å². The third kappa shape index (κ3) is 2.60. The van der Waals surface area contributed by atoms with Gasteiger partial charge in [-0.3, -0.25) is 4.79 Å². The zero-order valence-electron chi connectivity index (χ0n) is 8.89. The monoisotopic (exact) mass is 198 g/mol. The first-order valence-corrected chi connectivity index (χ1v) is 5.96. The van der Waals surface area contributed by atoms with Crippen molar-refractivity contribution in [1.29, 1.82) is 0 Å². The minimum atomic E-state index is 0.293. The third-order valence-electron chi connectivity index (χ3n) is 2.64. The van der Waals surface area contributed by atoms with Crippen molar-refractivity contribution in [2.75, 3.05) is 6.26 Å². The highest BCUT2D eigenvalue weighted by Gasteiger charge is 2.28. The quantitative estimate of drug-likeness (QED) is 0.643. The van der Waals surface area contributed by atoms with Gasteiger partial charge in [-0.15, -0.1) is 11.8 Å². The van der Waals surface area contributed by atoms with Crippen molar-refractivity contribution in [2.24, 2.45) is 11.3 Å². The molecule has 0 aliphatic heterocycles.